The second-order valence-electron chi connectivity index (χ2n) is 5.35. The smallest absolute Gasteiger partial charge is 0.246 e. The third-order valence-electron chi connectivity index (χ3n) is 3.07. The van der Waals surface area contributed by atoms with Crippen LogP contribution in [-0.2, 0) is 16.1 Å². The first-order chi connectivity index (χ1) is 9.45. The van der Waals surface area contributed by atoms with Gasteiger partial charge in [0.05, 0.1) is 13.1 Å². The third-order valence-corrected chi connectivity index (χ3v) is 3.07. The van der Waals surface area contributed by atoms with Gasteiger partial charge in [-0.3, -0.25) is 14.9 Å². The monoisotopic (exact) mass is 276 g/mol. The fourth-order valence-electron chi connectivity index (χ4n) is 2.16. The highest BCUT2D eigenvalue weighted by atomic mass is 16.2. The van der Waals surface area contributed by atoms with Gasteiger partial charge in [-0.25, -0.2) is 4.98 Å². The summed E-state index contributed by atoms with van der Waals surface area (Å²) in [5, 5.41) is 5.62. The van der Waals surface area contributed by atoms with Crippen molar-refractivity contribution in [2.75, 3.05) is 18.0 Å². The van der Waals surface area contributed by atoms with E-state index in [0.717, 1.165) is 17.7 Å². The molecule has 1 aliphatic rings. The van der Waals surface area contributed by atoms with E-state index in [1.54, 1.807) is 11.1 Å². The van der Waals surface area contributed by atoms with E-state index in [1.807, 2.05) is 13.0 Å². The van der Waals surface area contributed by atoms with Crippen LogP contribution in [-0.4, -0.2) is 35.9 Å². The molecule has 0 unspecified atom stereocenters. The third kappa shape index (κ3) is 3.54. The number of rotatable bonds is 4. The van der Waals surface area contributed by atoms with Crippen molar-refractivity contribution < 1.29 is 9.59 Å². The Morgan fingerprint density at radius 2 is 2.00 bits per heavy atom. The molecule has 0 saturated carbocycles. The van der Waals surface area contributed by atoms with Crippen molar-refractivity contribution in [3.8, 4) is 0 Å². The zero-order valence-electron chi connectivity index (χ0n) is 12.1. The molecule has 1 aromatic rings. The summed E-state index contributed by atoms with van der Waals surface area (Å²) < 4.78 is 0. The van der Waals surface area contributed by atoms with E-state index in [0.29, 0.717) is 11.9 Å². The number of aryl methyl sites for hydroxylation is 1. The lowest BCUT2D eigenvalue weighted by Gasteiger charge is -2.27. The quantitative estimate of drug-likeness (QED) is 0.776. The molecule has 0 atom stereocenters. The number of piperazine rings is 1. The maximum Gasteiger partial charge on any atom is 0.246 e. The Morgan fingerprint density at radius 1 is 1.35 bits per heavy atom. The second kappa shape index (κ2) is 6.00. The number of hydrogen-bond acceptors (Lipinski definition) is 5. The highest BCUT2D eigenvalue weighted by Crippen LogP contribution is 2.18. The summed E-state index contributed by atoms with van der Waals surface area (Å²) in [7, 11) is 0. The van der Waals surface area contributed by atoms with Gasteiger partial charge in [-0.15, -0.1) is 0 Å². The van der Waals surface area contributed by atoms with Gasteiger partial charge in [0.25, 0.3) is 0 Å². The lowest BCUT2D eigenvalue weighted by atomic mass is 10.1. The molecular formula is C14H20N4O2. The van der Waals surface area contributed by atoms with E-state index in [2.05, 4.69) is 29.5 Å². The van der Waals surface area contributed by atoms with Crippen molar-refractivity contribution in [1.82, 2.24) is 15.6 Å². The molecule has 1 fully saturated rings. The van der Waals surface area contributed by atoms with Crippen molar-refractivity contribution in [2.24, 2.45) is 0 Å². The van der Waals surface area contributed by atoms with Crippen molar-refractivity contribution in [1.29, 1.82) is 0 Å². The minimum Gasteiger partial charge on any atom is -0.338 e. The molecule has 0 radical (unpaired) electrons. The zero-order chi connectivity index (χ0) is 14.7. The van der Waals surface area contributed by atoms with E-state index in [4.69, 9.17) is 0 Å². The fourth-order valence-corrected chi connectivity index (χ4v) is 2.16. The van der Waals surface area contributed by atoms with Crippen LogP contribution < -0.4 is 15.5 Å². The van der Waals surface area contributed by atoms with Crippen LogP contribution in [0.2, 0.25) is 0 Å². The number of carbonyl (C=O) groups excluding carboxylic acids is 2. The molecule has 2 heterocycles. The van der Waals surface area contributed by atoms with Gasteiger partial charge in [0.15, 0.2) is 0 Å². The Morgan fingerprint density at radius 3 is 2.55 bits per heavy atom. The topological polar surface area (TPSA) is 74.3 Å². The second-order valence-corrected chi connectivity index (χ2v) is 5.35. The molecular weight excluding hydrogens is 256 g/mol. The Hall–Kier alpha value is -1.95. The van der Waals surface area contributed by atoms with Gasteiger partial charge < -0.3 is 10.2 Å². The number of anilines is 1. The van der Waals surface area contributed by atoms with Crippen LogP contribution in [0.4, 0.5) is 5.82 Å². The number of nitrogens with zero attached hydrogens (tertiary/aromatic N) is 2. The van der Waals surface area contributed by atoms with E-state index >= 15 is 0 Å². The molecule has 6 heteroatoms. The molecule has 2 rings (SSSR count). The van der Waals surface area contributed by atoms with Gasteiger partial charge >= 0.3 is 0 Å². The van der Waals surface area contributed by atoms with Crippen molar-refractivity contribution in [2.45, 2.75) is 33.4 Å². The van der Waals surface area contributed by atoms with Crippen molar-refractivity contribution >= 4 is 17.6 Å². The lowest BCUT2D eigenvalue weighted by molar-refractivity contribution is -0.130. The Kier molecular flexibility index (Phi) is 4.34. The lowest BCUT2D eigenvalue weighted by Crippen LogP contribution is -2.52. The van der Waals surface area contributed by atoms with Gasteiger partial charge in [0.2, 0.25) is 11.8 Å². The van der Waals surface area contributed by atoms with E-state index in [1.165, 1.54) is 0 Å². The molecule has 1 saturated heterocycles. The molecule has 20 heavy (non-hydrogen) atoms. The van der Waals surface area contributed by atoms with Crippen LogP contribution in [0.15, 0.2) is 12.3 Å². The van der Waals surface area contributed by atoms with Gasteiger partial charge in [-0.05, 0) is 24.1 Å². The number of aromatic nitrogens is 1. The standard InChI is InChI=1S/C14H20N4O2/c1-9(2)15-5-11-4-10(3)14(16-6-11)18-7-12(19)17-13(20)8-18/h4,6,9,15H,5,7-8H2,1-3H3,(H,17,19,20). The molecule has 2 N–H and O–H groups in total. The maximum atomic E-state index is 11.4. The number of carbonyl (C=O) groups is 2. The molecule has 1 aromatic heterocycles. The summed E-state index contributed by atoms with van der Waals surface area (Å²) in [6.07, 6.45) is 1.79. The molecule has 0 bridgehead atoms. The van der Waals surface area contributed by atoms with Crippen LogP contribution in [0.3, 0.4) is 0 Å². The van der Waals surface area contributed by atoms with Crippen LogP contribution in [0.5, 0.6) is 0 Å². The minimum absolute atomic E-state index is 0.170. The van der Waals surface area contributed by atoms with Crippen LogP contribution in [0.25, 0.3) is 0 Å². The number of pyridine rings is 1. The van der Waals surface area contributed by atoms with Gasteiger partial charge in [0, 0.05) is 18.8 Å². The Labute approximate surface area is 118 Å². The molecule has 0 aliphatic carbocycles. The molecule has 0 aromatic carbocycles. The summed E-state index contributed by atoms with van der Waals surface area (Å²) >= 11 is 0. The summed E-state index contributed by atoms with van der Waals surface area (Å²) in [4.78, 5) is 28.9. The van der Waals surface area contributed by atoms with E-state index in [-0.39, 0.29) is 24.9 Å². The van der Waals surface area contributed by atoms with Crippen LogP contribution >= 0.6 is 0 Å². The predicted molar refractivity (Wildman–Crippen MR) is 76.3 cm³/mol. The highest BCUT2D eigenvalue weighted by molar-refractivity contribution is 6.02. The Balaban J connectivity index is 2.12. The average Bonchev–Trinajstić information content (AvgIpc) is 2.35. The highest BCUT2D eigenvalue weighted by Gasteiger charge is 2.24. The van der Waals surface area contributed by atoms with Crippen LogP contribution in [0.1, 0.15) is 25.0 Å². The SMILES string of the molecule is Cc1cc(CNC(C)C)cnc1N1CC(=O)NC(=O)C1. The number of hydrogen-bond donors (Lipinski definition) is 2. The average molecular weight is 276 g/mol. The molecule has 1 aliphatic heterocycles. The summed E-state index contributed by atoms with van der Waals surface area (Å²) in [5.41, 5.74) is 2.06. The van der Waals surface area contributed by atoms with Crippen molar-refractivity contribution in [3.05, 3.63) is 23.4 Å². The number of imide groups is 1. The molecule has 2 amide bonds. The van der Waals surface area contributed by atoms with Gasteiger partial charge in [0.1, 0.15) is 5.82 Å². The normalized spacial score (nSPS) is 15.7. The van der Waals surface area contributed by atoms with Crippen LogP contribution in [0, 0.1) is 6.92 Å². The largest absolute Gasteiger partial charge is 0.338 e. The summed E-state index contributed by atoms with van der Waals surface area (Å²) in [6.45, 7) is 7.22. The van der Waals surface area contributed by atoms with Gasteiger partial charge in [-0.1, -0.05) is 13.8 Å². The predicted octanol–water partition coefficient (Wildman–Crippen LogP) is 0.351. The first-order valence-corrected chi connectivity index (χ1v) is 6.72. The summed E-state index contributed by atoms with van der Waals surface area (Å²) in [6, 6.07) is 2.45. The molecule has 0 spiro atoms. The minimum atomic E-state index is -0.284. The van der Waals surface area contributed by atoms with E-state index in [9.17, 15) is 9.59 Å². The fraction of sp³-hybridized carbons (Fsp3) is 0.500. The zero-order valence-corrected chi connectivity index (χ0v) is 12.1. The molecule has 6 nitrogen and oxygen atoms in total. The first kappa shape index (κ1) is 14.5. The number of nitrogens with one attached hydrogen (secondary N) is 2. The first-order valence-electron chi connectivity index (χ1n) is 6.72. The Bertz CT molecular complexity index is 512. The van der Waals surface area contributed by atoms with Gasteiger partial charge in [-0.2, -0.15) is 0 Å². The maximum absolute atomic E-state index is 11.4. The molecule has 108 valence electrons. The summed E-state index contributed by atoms with van der Waals surface area (Å²) in [5.74, 6) is 0.127. The number of amides is 2. The van der Waals surface area contributed by atoms with E-state index < -0.39 is 0 Å². The van der Waals surface area contributed by atoms with Crippen molar-refractivity contribution in [3.63, 3.8) is 0 Å².